The highest BCUT2D eigenvalue weighted by atomic mass is 35.5. The molecule has 1 aromatic heterocycles. The van der Waals surface area contributed by atoms with Gasteiger partial charge in [0.1, 0.15) is 10.0 Å². The quantitative estimate of drug-likeness (QED) is 0.380. The fourth-order valence-corrected chi connectivity index (χ4v) is 4.72. The molecule has 0 radical (unpaired) electrons. The summed E-state index contributed by atoms with van der Waals surface area (Å²) >= 11 is 13.2. The maximum Gasteiger partial charge on any atom is 0.256 e. The van der Waals surface area contributed by atoms with Gasteiger partial charge in [-0.05, 0) is 30.7 Å². The van der Waals surface area contributed by atoms with E-state index in [1.807, 2.05) is 19.1 Å². The molecule has 7 nitrogen and oxygen atoms in total. The van der Waals surface area contributed by atoms with Crippen LogP contribution in [0, 0.1) is 0 Å². The number of anilines is 1. The number of nitrogens with two attached hydrogens (primary N) is 1. The second kappa shape index (κ2) is 9.84. The maximum absolute atomic E-state index is 12.7. The Morgan fingerprint density at radius 2 is 1.94 bits per heavy atom. The van der Waals surface area contributed by atoms with Gasteiger partial charge in [-0.25, -0.2) is 0 Å². The molecule has 3 rings (SSSR count). The monoisotopic (exact) mass is 481 g/mol. The Morgan fingerprint density at radius 1 is 1.26 bits per heavy atom. The number of hydrogen-bond acceptors (Lipinski definition) is 6. The summed E-state index contributed by atoms with van der Waals surface area (Å²) in [4.78, 5) is 24.8. The molecule has 1 atom stereocenters. The summed E-state index contributed by atoms with van der Waals surface area (Å²) in [6.45, 7) is 3.26. The van der Waals surface area contributed by atoms with Gasteiger partial charge in [0, 0.05) is 30.6 Å². The Balaban J connectivity index is 1.82. The first-order valence-corrected chi connectivity index (χ1v) is 10.9. The van der Waals surface area contributed by atoms with Crippen molar-refractivity contribution in [3.8, 4) is 5.75 Å². The average Bonchev–Trinajstić information content (AvgIpc) is 3.09. The Labute approximate surface area is 193 Å². The lowest BCUT2D eigenvalue weighted by molar-refractivity contribution is 0.100. The predicted octanol–water partition coefficient (Wildman–Crippen LogP) is 4.39. The zero-order valence-corrected chi connectivity index (χ0v) is 19.1. The number of carbonyl (C=O) groups is 2. The number of fused-ring (bicyclic) bond motifs is 1. The van der Waals surface area contributed by atoms with E-state index in [-0.39, 0.29) is 32.4 Å². The van der Waals surface area contributed by atoms with Crippen molar-refractivity contribution in [2.24, 2.45) is 5.73 Å². The summed E-state index contributed by atoms with van der Waals surface area (Å²) in [5, 5.41) is 16.6. The number of methoxy groups -OCH3 is 1. The van der Waals surface area contributed by atoms with E-state index in [2.05, 4.69) is 10.6 Å². The van der Waals surface area contributed by atoms with E-state index in [1.165, 1.54) is 6.07 Å². The molecule has 0 fully saturated rings. The first-order valence-electron chi connectivity index (χ1n) is 9.28. The van der Waals surface area contributed by atoms with Crippen LogP contribution in [0.1, 0.15) is 33.2 Å². The van der Waals surface area contributed by atoms with Crippen LogP contribution in [0.3, 0.4) is 0 Å². The number of amides is 2. The SMILES string of the molecule is COCC(C)NCc1ccc(C(=O)Nc2sc3c(Cl)c(O)c(Cl)cc3c2C(N)=O)cc1. The minimum atomic E-state index is -0.744. The number of ether oxygens (including phenoxy) is 1. The second-order valence-electron chi connectivity index (χ2n) is 6.96. The third kappa shape index (κ3) is 5.11. The minimum Gasteiger partial charge on any atom is -0.505 e. The van der Waals surface area contributed by atoms with E-state index in [9.17, 15) is 14.7 Å². The molecule has 0 aliphatic rings. The molecule has 1 heterocycles. The van der Waals surface area contributed by atoms with Crippen molar-refractivity contribution < 1.29 is 19.4 Å². The number of aromatic hydroxyl groups is 1. The first-order chi connectivity index (χ1) is 14.7. The number of halogens is 2. The van der Waals surface area contributed by atoms with Crippen LogP contribution >= 0.6 is 34.5 Å². The molecule has 5 N–H and O–H groups in total. The number of primary amides is 1. The summed E-state index contributed by atoms with van der Waals surface area (Å²) in [5.41, 5.74) is 7.04. The van der Waals surface area contributed by atoms with Crippen molar-refractivity contribution >= 4 is 61.4 Å². The van der Waals surface area contributed by atoms with Crippen molar-refractivity contribution in [1.82, 2.24) is 5.32 Å². The highest BCUT2D eigenvalue weighted by Gasteiger charge is 2.23. The topological polar surface area (TPSA) is 114 Å². The van der Waals surface area contributed by atoms with E-state index < -0.39 is 11.8 Å². The normalized spacial score (nSPS) is 12.1. The van der Waals surface area contributed by atoms with Crippen molar-refractivity contribution in [2.75, 3.05) is 19.0 Å². The third-order valence-corrected chi connectivity index (χ3v) is 6.52. The summed E-state index contributed by atoms with van der Waals surface area (Å²) < 4.78 is 5.49. The Kier molecular flexibility index (Phi) is 7.40. The highest BCUT2D eigenvalue weighted by molar-refractivity contribution is 7.24. The van der Waals surface area contributed by atoms with Crippen LogP contribution in [-0.2, 0) is 11.3 Å². The lowest BCUT2D eigenvalue weighted by Crippen LogP contribution is -2.29. The summed E-state index contributed by atoms with van der Waals surface area (Å²) in [6, 6.07) is 8.68. The number of hydrogen-bond donors (Lipinski definition) is 4. The average molecular weight is 482 g/mol. The van der Waals surface area contributed by atoms with E-state index >= 15 is 0 Å². The Bertz CT molecular complexity index is 1130. The van der Waals surface area contributed by atoms with E-state index in [0.29, 0.717) is 28.8 Å². The lowest BCUT2D eigenvalue weighted by atomic mass is 10.1. The summed E-state index contributed by atoms with van der Waals surface area (Å²) in [6.07, 6.45) is 0. The molecule has 0 bridgehead atoms. The van der Waals surface area contributed by atoms with Gasteiger partial charge in [0.15, 0.2) is 5.75 Å². The highest BCUT2D eigenvalue weighted by Crippen LogP contribution is 2.46. The van der Waals surface area contributed by atoms with E-state index in [0.717, 1.165) is 16.9 Å². The molecular weight excluding hydrogens is 461 g/mol. The van der Waals surface area contributed by atoms with E-state index in [1.54, 1.807) is 19.2 Å². The number of carbonyl (C=O) groups excluding carboxylic acids is 2. The van der Waals surface area contributed by atoms with Crippen molar-refractivity contribution in [3.05, 3.63) is 57.1 Å². The maximum atomic E-state index is 12.7. The van der Waals surface area contributed by atoms with Gasteiger partial charge < -0.3 is 26.2 Å². The van der Waals surface area contributed by atoms with Gasteiger partial charge in [-0.2, -0.15) is 0 Å². The standard InChI is InChI=1S/C21H21Cl2N3O4S/c1-10(9-30-2)25-8-11-3-5-12(6-4-11)20(29)26-21-15(19(24)28)13-7-14(22)17(27)16(23)18(13)31-21/h3-7,10,25,27H,8-9H2,1-2H3,(H2,24,28)(H,26,29). The number of phenolic OH excluding ortho intramolecular Hbond substituents is 1. The number of rotatable bonds is 8. The fourth-order valence-electron chi connectivity index (χ4n) is 3.04. The molecule has 3 aromatic rings. The lowest BCUT2D eigenvalue weighted by Gasteiger charge is -2.12. The Morgan fingerprint density at radius 3 is 2.55 bits per heavy atom. The molecule has 0 aliphatic heterocycles. The van der Waals surface area contributed by atoms with Crippen molar-refractivity contribution in [1.29, 1.82) is 0 Å². The molecule has 2 amide bonds. The second-order valence-corrected chi connectivity index (χ2v) is 8.76. The van der Waals surface area contributed by atoms with Crippen LogP contribution in [0.4, 0.5) is 5.00 Å². The molecule has 164 valence electrons. The minimum absolute atomic E-state index is 0.00458. The molecule has 0 aliphatic carbocycles. The van der Waals surface area contributed by atoms with Gasteiger partial charge in [-0.15, -0.1) is 11.3 Å². The largest absolute Gasteiger partial charge is 0.505 e. The van der Waals surface area contributed by atoms with Crippen LogP contribution in [0.25, 0.3) is 10.1 Å². The number of nitrogens with one attached hydrogen (secondary N) is 2. The molecule has 0 saturated carbocycles. The van der Waals surface area contributed by atoms with Gasteiger partial charge in [0.05, 0.1) is 21.9 Å². The van der Waals surface area contributed by atoms with Crippen LogP contribution in [0.5, 0.6) is 5.75 Å². The van der Waals surface area contributed by atoms with E-state index in [4.69, 9.17) is 33.7 Å². The first kappa shape index (κ1) is 23.3. The molecule has 1 unspecified atom stereocenters. The molecule has 2 aromatic carbocycles. The van der Waals surface area contributed by atoms with Gasteiger partial charge >= 0.3 is 0 Å². The number of phenols is 1. The molecule has 10 heteroatoms. The number of thiophene rings is 1. The molecule has 0 spiro atoms. The summed E-state index contributed by atoms with van der Waals surface area (Å²) in [7, 11) is 1.65. The van der Waals surface area contributed by atoms with Crippen LogP contribution in [0.2, 0.25) is 10.0 Å². The zero-order valence-electron chi connectivity index (χ0n) is 16.8. The number of benzene rings is 2. The summed E-state index contributed by atoms with van der Waals surface area (Å²) in [5.74, 6) is -1.45. The predicted molar refractivity (Wildman–Crippen MR) is 125 cm³/mol. The van der Waals surface area contributed by atoms with Gasteiger partial charge in [0.2, 0.25) is 0 Å². The molecule has 31 heavy (non-hydrogen) atoms. The molecular formula is C21H21Cl2N3O4S. The zero-order chi connectivity index (χ0) is 22.7. The Hall–Kier alpha value is -2.36. The van der Waals surface area contributed by atoms with Crippen molar-refractivity contribution in [2.45, 2.75) is 19.5 Å². The van der Waals surface area contributed by atoms with Crippen LogP contribution in [0.15, 0.2) is 30.3 Å². The van der Waals surface area contributed by atoms with Gasteiger partial charge in [-0.3, -0.25) is 9.59 Å². The third-order valence-electron chi connectivity index (χ3n) is 4.61. The van der Waals surface area contributed by atoms with Crippen LogP contribution < -0.4 is 16.4 Å². The van der Waals surface area contributed by atoms with Gasteiger partial charge in [0.25, 0.3) is 11.8 Å². The van der Waals surface area contributed by atoms with Crippen LogP contribution in [-0.4, -0.2) is 36.7 Å². The molecule has 0 saturated heterocycles. The fraction of sp³-hybridized carbons (Fsp3) is 0.238. The smallest absolute Gasteiger partial charge is 0.256 e. The van der Waals surface area contributed by atoms with Crippen molar-refractivity contribution in [3.63, 3.8) is 0 Å². The van der Waals surface area contributed by atoms with Gasteiger partial charge in [-0.1, -0.05) is 35.3 Å².